The molecule has 15 heavy (non-hydrogen) atoms. The van der Waals surface area contributed by atoms with Gasteiger partial charge in [0.05, 0.1) is 18.5 Å². The van der Waals surface area contributed by atoms with Crippen LogP contribution in [0.4, 0.5) is 16.2 Å². The number of amides is 1. The van der Waals surface area contributed by atoms with Gasteiger partial charge in [-0.15, -0.1) is 0 Å². The number of hydrogen-bond acceptors (Lipinski definition) is 4. The first-order chi connectivity index (χ1) is 7.13. The molecule has 0 fully saturated rings. The number of ether oxygens (including phenoxy) is 1. The van der Waals surface area contributed by atoms with E-state index in [4.69, 9.17) is 11.5 Å². The van der Waals surface area contributed by atoms with E-state index in [1.807, 2.05) is 0 Å². The molecule has 0 saturated carbocycles. The number of anilines is 1. The number of guanidine groups is 1. The third-order valence-electron chi connectivity index (χ3n) is 1.59. The molecule has 0 atom stereocenters. The number of carbonyl (C=O) groups excluding carboxylic acids is 1. The molecule has 0 aliphatic rings. The monoisotopic (exact) mass is 208 g/mol. The van der Waals surface area contributed by atoms with Crippen molar-refractivity contribution in [3.8, 4) is 0 Å². The molecule has 0 aliphatic carbocycles. The number of para-hydroxylation sites is 2. The molecule has 1 aromatic rings. The fourth-order valence-electron chi connectivity index (χ4n) is 0.903. The maximum atomic E-state index is 10.8. The third kappa shape index (κ3) is 3.18. The molecular weight excluding hydrogens is 196 g/mol. The lowest BCUT2D eigenvalue weighted by Gasteiger charge is -2.03. The van der Waals surface area contributed by atoms with Crippen LogP contribution in [0.15, 0.2) is 29.3 Å². The molecule has 0 heterocycles. The van der Waals surface area contributed by atoms with Gasteiger partial charge in [0.15, 0.2) is 0 Å². The Morgan fingerprint density at radius 1 is 1.47 bits per heavy atom. The molecule has 80 valence electrons. The van der Waals surface area contributed by atoms with Crippen LogP contribution in [0, 0.1) is 0 Å². The van der Waals surface area contributed by atoms with Gasteiger partial charge in [-0.2, -0.15) is 0 Å². The number of nitrogens with one attached hydrogen (secondary N) is 1. The summed E-state index contributed by atoms with van der Waals surface area (Å²) in [5, 5.41) is 2.22. The molecular formula is C9H12N4O2. The highest BCUT2D eigenvalue weighted by atomic mass is 16.5. The second-order valence-corrected chi connectivity index (χ2v) is 2.67. The second-order valence-electron chi connectivity index (χ2n) is 2.67. The van der Waals surface area contributed by atoms with Crippen molar-refractivity contribution >= 4 is 23.4 Å². The number of aliphatic imine (C=N–C) groups is 1. The smallest absolute Gasteiger partial charge is 0.413 e. The van der Waals surface area contributed by atoms with Gasteiger partial charge in [-0.1, -0.05) is 12.1 Å². The zero-order chi connectivity index (χ0) is 11.3. The predicted octanol–water partition coefficient (Wildman–Crippen LogP) is 0.571. The van der Waals surface area contributed by atoms with Gasteiger partial charge < -0.3 is 16.2 Å². The van der Waals surface area contributed by atoms with Gasteiger partial charge in [0, 0.05) is 0 Å². The Morgan fingerprint density at radius 2 is 2.13 bits per heavy atom. The maximum absolute atomic E-state index is 10.8. The minimum Gasteiger partial charge on any atom is -0.453 e. The molecule has 6 nitrogen and oxygen atoms in total. The average Bonchev–Trinajstić information content (AvgIpc) is 2.21. The lowest BCUT2D eigenvalue weighted by atomic mass is 10.3. The number of alkyl carbamates (subject to hydrolysis) is 1. The topological polar surface area (TPSA) is 103 Å². The van der Waals surface area contributed by atoms with Crippen LogP contribution in [0.3, 0.4) is 0 Å². The number of rotatable bonds is 1. The minimum absolute atomic E-state index is 0.0697. The zero-order valence-corrected chi connectivity index (χ0v) is 8.23. The second kappa shape index (κ2) is 4.85. The van der Waals surface area contributed by atoms with E-state index in [0.717, 1.165) is 0 Å². The molecule has 1 rings (SSSR count). The molecule has 0 radical (unpaired) electrons. The maximum Gasteiger partial charge on any atom is 0.413 e. The van der Waals surface area contributed by atoms with Crippen LogP contribution in [-0.4, -0.2) is 19.2 Å². The third-order valence-corrected chi connectivity index (χ3v) is 1.59. The van der Waals surface area contributed by atoms with Gasteiger partial charge in [0.25, 0.3) is 0 Å². The van der Waals surface area contributed by atoms with E-state index >= 15 is 0 Å². The minimum atomic E-state index is -0.675. The first-order valence-electron chi connectivity index (χ1n) is 4.17. The van der Waals surface area contributed by atoms with E-state index in [-0.39, 0.29) is 5.96 Å². The summed E-state index contributed by atoms with van der Waals surface area (Å²) in [4.78, 5) is 14.7. The molecule has 0 aromatic heterocycles. The summed E-state index contributed by atoms with van der Waals surface area (Å²) in [7, 11) is 1.24. The van der Waals surface area contributed by atoms with Crippen molar-refractivity contribution < 1.29 is 9.53 Å². The molecule has 0 bridgehead atoms. The number of nitrogens with zero attached hydrogens (tertiary/aromatic N) is 1. The number of nitrogens with two attached hydrogens (primary N) is 2. The summed E-state index contributed by atoms with van der Waals surface area (Å²) >= 11 is 0. The molecule has 0 saturated heterocycles. The molecule has 1 amide bonds. The Morgan fingerprint density at radius 3 is 2.73 bits per heavy atom. The van der Waals surface area contributed by atoms with Crippen molar-refractivity contribution in [3.05, 3.63) is 24.3 Å². The number of nitrogen functional groups attached to an aromatic ring is 1. The lowest BCUT2D eigenvalue weighted by molar-refractivity contribution is 0.176. The standard InChI is InChI=1S/C9H12N4O2/c1-15-9(14)13-8(11)12-7-5-3-2-4-6(7)10/h2-5H,10H2,1H3,(H3,11,12,13,14). The van der Waals surface area contributed by atoms with Gasteiger partial charge in [-0.25, -0.2) is 9.79 Å². The Hall–Kier alpha value is -2.24. The van der Waals surface area contributed by atoms with Crippen molar-refractivity contribution in [2.24, 2.45) is 10.7 Å². The van der Waals surface area contributed by atoms with Crippen LogP contribution in [-0.2, 0) is 4.74 Å². The quantitative estimate of drug-likeness (QED) is 0.356. The predicted molar refractivity (Wildman–Crippen MR) is 57.7 cm³/mol. The summed E-state index contributed by atoms with van der Waals surface area (Å²) in [6.45, 7) is 0. The fourth-order valence-corrected chi connectivity index (χ4v) is 0.903. The lowest BCUT2D eigenvalue weighted by Crippen LogP contribution is -2.36. The number of hydrogen-bond donors (Lipinski definition) is 3. The van der Waals surface area contributed by atoms with Crippen LogP contribution in [0.5, 0.6) is 0 Å². The highest BCUT2D eigenvalue weighted by molar-refractivity contribution is 5.94. The van der Waals surface area contributed by atoms with Crippen LogP contribution < -0.4 is 16.8 Å². The van der Waals surface area contributed by atoms with Gasteiger partial charge in [0.1, 0.15) is 0 Å². The first-order valence-corrected chi connectivity index (χ1v) is 4.17. The summed E-state index contributed by atoms with van der Waals surface area (Å²) in [5.74, 6) is -0.0697. The van der Waals surface area contributed by atoms with Gasteiger partial charge in [0.2, 0.25) is 5.96 Å². The summed E-state index contributed by atoms with van der Waals surface area (Å²) in [6.07, 6.45) is -0.675. The van der Waals surface area contributed by atoms with Crippen LogP contribution in [0.25, 0.3) is 0 Å². The summed E-state index contributed by atoms with van der Waals surface area (Å²) < 4.78 is 4.35. The highest BCUT2D eigenvalue weighted by Crippen LogP contribution is 2.19. The highest BCUT2D eigenvalue weighted by Gasteiger charge is 2.02. The Labute approximate surface area is 86.9 Å². The van der Waals surface area contributed by atoms with Crippen LogP contribution >= 0.6 is 0 Å². The summed E-state index contributed by atoms with van der Waals surface area (Å²) in [6, 6.07) is 6.91. The van der Waals surface area contributed by atoms with E-state index in [0.29, 0.717) is 11.4 Å². The van der Waals surface area contributed by atoms with E-state index in [1.54, 1.807) is 24.3 Å². The van der Waals surface area contributed by atoms with Crippen molar-refractivity contribution in [2.75, 3.05) is 12.8 Å². The first kappa shape index (κ1) is 10.8. The van der Waals surface area contributed by atoms with E-state index in [9.17, 15) is 4.79 Å². The summed E-state index contributed by atoms with van der Waals surface area (Å²) in [5.41, 5.74) is 12.0. The van der Waals surface area contributed by atoms with Crippen molar-refractivity contribution in [1.29, 1.82) is 0 Å². The van der Waals surface area contributed by atoms with E-state index in [1.165, 1.54) is 7.11 Å². The molecule has 5 N–H and O–H groups in total. The molecule has 0 spiro atoms. The molecule has 6 heteroatoms. The molecule has 0 aliphatic heterocycles. The van der Waals surface area contributed by atoms with Crippen molar-refractivity contribution in [2.45, 2.75) is 0 Å². The Bertz CT molecular complexity index is 389. The molecule has 0 unspecified atom stereocenters. The van der Waals surface area contributed by atoms with Gasteiger partial charge in [-0.3, -0.25) is 5.32 Å². The van der Waals surface area contributed by atoms with E-state index < -0.39 is 6.09 Å². The average molecular weight is 208 g/mol. The SMILES string of the molecule is COC(=O)NC(N)=Nc1ccccc1N. The Kier molecular flexibility index (Phi) is 3.50. The number of benzene rings is 1. The number of carbonyl (C=O) groups is 1. The van der Waals surface area contributed by atoms with Gasteiger partial charge >= 0.3 is 6.09 Å². The largest absolute Gasteiger partial charge is 0.453 e. The zero-order valence-electron chi connectivity index (χ0n) is 8.23. The van der Waals surface area contributed by atoms with Crippen molar-refractivity contribution in [3.63, 3.8) is 0 Å². The van der Waals surface area contributed by atoms with Crippen LogP contribution in [0.2, 0.25) is 0 Å². The number of methoxy groups -OCH3 is 1. The van der Waals surface area contributed by atoms with Crippen LogP contribution in [0.1, 0.15) is 0 Å². The molecule has 1 aromatic carbocycles. The van der Waals surface area contributed by atoms with Crippen molar-refractivity contribution in [1.82, 2.24) is 5.32 Å². The normalized spacial score (nSPS) is 10.9. The van der Waals surface area contributed by atoms with Gasteiger partial charge in [-0.05, 0) is 12.1 Å². The fraction of sp³-hybridized carbons (Fsp3) is 0.111. The van der Waals surface area contributed by atoms with E-state index in [2.05, 4.69) is 15.0 Å². The Balaban J connectivity index is 2.79.